The zero-order valence-corrected chi connectivity index (χ0v) is 15.3. The van der Waals surface area contributed by atoms with Crippen LogP contribution in [0.2, 0.25) is 0 Å². The summed E-state index contributed by atoms with van der Waals surface area (Å²) >= 11 is 0. The van der Waals surface area contributed by atoms with E-state index in [2.05, 4.69) is 26.7 Å². The Morgan fingerprint density at radius 3 is 2.19 bits per heavy atom. The van der Waals surface area contributed by atoms with Gasteiger partial charge in [-0.1, -0.05) is 24.3 Å². The summed E-state index contributed by atoms with van der Waals surface area (Å²) in [6.45, 7) is 1.48. The third-order valence-corrected chi connectivity index (χ3v) is 4.15. The van der Waals surface area contributed by atoms with Crippen molar-refractivity contribution >= 4 is 11.6 Å². The second-order valence-electron chi connectivity index (χ2n) is 6.12. The number of rotatable bonds is 9. The average molecular weight is 366 g/mol. The van der Waals surface area contributed by atoms with Crippen LogP contribution in [0.4, 0.5) is 16.0 Å². The second kappa shape index (κ2) is 9.52. The summed E-state index contributed by atoms with van der Waals surface area (Å²) in [6, 6.07) is 16.5. The summed E-state index contributed by atoms with van der Waals surface area (Å²) in [7, 11) is 1.67. The van der Waals surface area contributed by atoms with Crippen molar-refractivity contribution in [2.24, 2.45) is 0 Å². The predicted octanol–water partition coefficient (Wildman–Crippen LogP) is 3.93. The summed E-state index contributed by atoms with van der Waals surface area (Å²) < 4.78 is 18.2. The van der Waals surface area contributed by atoms with Crippen LogP contribution < -0.4 is 15.4 Å². The van der Waals surface area contributed by atoms with Gasteiger partial charge in [-0.25, -0.2) is 14.4 Å². The largest absolute Gasteiger partial charge is 0.497 e. The third-order valence-electron chi connectivity index (χ3n) is 4.15. The van der Waals surface area contributed by atoms with Crippen molar-refractivity contribution in [3.8, 4) is 5.75 Å². The Hall–Kier alpha value is -3.15. The monoisotopic (exact) mass is 366 g/mol. The van der Waals surface area contributed by atoms with Gasteiger partial charge in [-0.05, 0) is 48.2 Å². The predicted molar refractivity (Wildman–Crippen MR) is 106 cm³/mol. The minimum absolute atomic E-state index is 0.216. The summed E-state index contributed by atoms with van der Waals surface area (Å²) in [6.07, 6.45) is 3.20. The van der Waals surface area contributed by atoms with E-state index >= 15 is 0 Å². The van der Waals surface area contributed by atoms with Gasteiger partial charge in [0, 0.05) is 19.2 Å². The van der Waals surface area contributed by atoms with Crippen molar-refractivity contribution in [3.05, 3.63) is 77.9 Å². The number of benzene rings is 2. The van der Waals surface area contributed by atoms with Crippen LogP contribution in [-0.4, -0.2) is 30.2 Å². The molecule has 2 N–H and O–H groups in total. The summed E-state index contributed by atoms with van der Waals surface area (Å²) in [5, 5.41) is 6.58. The lowest BCUT2D eigenvalue weighted by molar-refractivity contribution is 0.414. The molecular weight excluding hydrogens is 343 g/mol. The highest BCUT2D eigenvalue weighted by atomic mass is 19.1. The van der Waals surface area contributed by atoms with Gasteiger partial charge in [-0.2, -0.15) is 0 Å². The fraction of sp³-hybridized carbons (Fsp3) is 0.238. The van der Waals surface area contributed by atoms with Crippen LogP contribution in [0.1, 0.15) is 11.1 Å². The Balaban J connectivity index is 1.46. The normalized spacial score (nSPS) is 10.4. The molecule has 1 aromatic heterocycles. The van der Waals surface area contributed by atoms with Crippen molar-refractivity contribution in [3.63, 3.8) is 0 Å². The van der Waals surface area contributed by atoms with Gasteiger partial charge in [-0.15, -0.1) is 0 Å². The van der Waals surface area contributed by atoms with Crippen LogP contribution in [0.5, 0.6) is 5.75 Å². The first-order chi connectivity index (χ1) is 13.2. The molecule has 0 spiro atoms. The highest BCUT2D eigenvalue weighted by Crippen LogP contribution is 2.14. The lowest BCUT2D eigenvalue weighted by atomic mass is 10.1. The van der Waals surface area contributed by atoms with Gasteiger partial charge >= 0.3 is 0 Å². The number of methoxy groups -OCH3 is 1. The summed E-state index contributed by atoms with van der Waals surface area (Å²) in [5.74, 6) is 2.18. The molecule has 0 aliphatic carbocycles. The molecule has 6 heteroatoms. The van der Waals surface area contributed by atoms with Crippen molar-refractivity contribution < 1.29 is 9.13 Å². The van der Waals surface area contributed by atoms with E-state index < -0.39 is 0 Å². The molecule has 140 valence electrons. The fourth-order valence-electron chi connectivity index (χ4n) is 2.70. The van der Waals surface area contributed by atoms with Crippen LogP contribution in [0.3, 0.4) is 0 Å². The molecule has 0 amide bonds. The first-order valence-electron chi connectivity index (χ1n) is 8.90. The topological polar surface area (TPSA) is 59.1 Å². The molecule has 0 fully saturated rings. The number of aromatic nitrogens is 2. The van der Waals surface area contributed by atoms with Gasteiger partial charge in [0.05, 0.1) is 7.11 Å². The van der Waals surface area contributed by atoms with Gasteiger partial charge in [0.2, 0.25) is 0 Å². The molecule has 0 bridgehead atoms. The van der Waals surface area contributed by atoms with E-state index in [1.54, 1.807) is 19.2 Å². The highest BCUT2D eigenvalue weighted by molar-refractivity contribution is 5.46. The molecule has 0 unspecified atom stereocenters. The number of hydrogen-bond acceptors (Lipinski definition) is 5. The molecule has 2 aromatic carbocycles. The SMILES string of the molecule is COc1cccc(CCNc2cc(NCCc3ccc(F)cc3)ncn2)c1. The lowest BCUT2D eigenvalue weighted by Crippen LogP contribution is -2.09. The maximum Gasteiger partial charge on any atom is 0.131 e. The molecule has 0 aliphatic rings. The second-order valence-corrected chi connectivity index (χ2v) is 6.12. The van der Waals surface area contributed by atoms with Crippen LogP contribution in [-0.2, 0) is 12.8 Å². The molecule has 0 atom stereocenters. The number of anilines is 2. The molecular formula is C21H23FN4O. The molecule has 3 aromatic rings. The van der Waals surface area contributed by atoms with Crippen LogP contribution in [0, 0.1) is 5.82 Å². The first kappa shape index (κ1) is 18.6. The molecule has 0 radical (unpaired) electrons. The Kier molecular flexibility index (Phi) is 6.57. The number of nitrogens with one attached hydrogen (secondary N) is 2. The van der Waals surface area contributed by atoms with Crippen LogP contribution in [0.25, 0.3) is 0 Å². The summed E-state index contributed by atoms with van der Waals surface area (Å²) in [5.41, 5.74) is 2.28. The van der Waals surface area contributed by atoms with Crippen molar-refractivity contribution in [1.82, 2.24) is 9.97 Å². The minimum Gasteiger partial charge on any atom is -0.497 e. The Morgan fingerprint density at radius 1 is 0.852 bits per heavy atom. The van der Waals surface area contributed by atoms with Crippen molar-refractivity contribution in [2.45, 2.75) is 12.8 Å². The number of hydrogen-bond donors (Lipinski definition) is 2. The Morgan fingerprint density at radius 2 is 1.52 bits per heavy atom. The smallest absolute Gasteiger partial charge is 0.131 e. The van der Waals surface area contributed by atoms with E-state index in [0.717, 1.165) is 42.3 Å². The van der Waals surface area contributed by atoms with E-state index in [4.69, 9.17) is 4.74 Å². The standard InChI is InChI=1S/C21H23FN4O/c1-27-19-4-2-3-17(13-19)10-12-24-21-14-20(25-15-26-21)23-11-9-16-5-7-18(22)8-6-16/h2-8,13-15H,9-12H2,1H3,(H2,23,24,25,26). The zero-order chi connectivity index (χ0) is 18.9. The van der Waals surface area contributed by atoms with E-state index in [1.165, 1.54) is 24.0 Å². The molecule has 27 heavy (non-hydrogen) atoms. The first-order valence-corrected chi connectivity index (χ1v) is 8.90. The third kappa shape index (κ3) is 5.95. The van der Waals surface area contributed by atoms with E-state index in [-0.39, 0.29) is 5.82 Å². The fourth-order valence-corrected chi connectivity index (χ4v) is 2.70. The summed E-state index contributed by atoms with van der Waals surface area (Å²) in [4.78, 5) is 8.49. The molecule has 0 aliphatic heterocycles. The van der Waals surface area contributed by atoms with Crippen molar-refractivity contribution in [2.75, 3.05) is 30.8 Å². The molecule has 3 rings (SSSR count). The maximum atomic E-state index is 12.9. The van der Waals surface area contributed by atoms with E-state index in [9.17, 15) is 4.39 Å². The van der Waals surface area contributed by atoms with Gasteiger partial charge < -0.3 is 15.4 Å². The van der Waals surface area contributed by atoms with Gasteiger partial charge in [0.1, 0.15) is 29.5 Å². The zero-order valence-electron chi connectivity index (χ0n) is 15.3. The molecule has 0 saturated heterocycles. The lowest BCUT2D eigenvalue weighted by Gasteiger charge is -2.09. The Labute approximate surface area is 158 Å². The molecule has 0 saturated carbocycles. The number of ether oxygens (including phenoxy) is 1. The number of nitrogens with zero attached hydrogens (tertiary/aromatic N) is 2. The Bertz CT molecular complexity index is 855. The van der Waals surface area contributed by atoms with Crippen molar-refractivity contribution in [1.29, 1.82) is 0 Å². The minimum atomic E-state index is -0.216. The van der Waals surface area contributed by atoms with E-state index in [0.29, 0.717) is 6.54 Å². The number of halogens is 1. The van der Waals surface area contributed by atoms with Gasteiger partial charge in [-0.3, -0.25) is 0 Å². The average Bonchev–Trinajstić information content (AvgIpc) is 2.70. The maximum absolute atomic E-state index is 12.9. The van der Waals surface area contributed by atoms with E-state index in [1.807, 2.05) is 24.3 Å². The van der Waals surface area contributed by atoms with Crippen LogP contribution >= 0.6 is 0 Å². The van der Waals surface area contributed by atoms with Gasteiger partial charge in [0.25, 0.3) is 0 Å². The van der Waals surface area contributed by atoms with Crippen LogP contribution in [0.15, 0.2) is 60.9 Å². The van der Waals surface area contributed by atoms with Gasteiger partial charge in [0.15, 0.2) is 0 Å². The highest BCUT2D eigenvalue weighted by Gasteiger charge is 2.01. The molecule has 5 nitrogen and oxygen atoms in total. The molecule has 1 heterocycles. The quantitative estimate of drug-likeness (QED) is 0.601.